The van der Waals surface area contributed by atoms with Crippen molar-refractivity contribution >= 4 is 23.0 Å². The van der Waals surface area contributed by atoms with E-state index in [0.717, 1.165) is 28.8 Å². The Labute approximate surface area is 117 Å². The number of carbonyl (C=O) groups is 1. The number of nitro groups is 1. The number of rotatable bonds is 4. The lowest BCUT2D eigenvalue weighted by molar-refractivity contribution is -0.385. The van der Waals surface area contributed by atoms with Gasteiger partial charge in [-0.2, -0.15) is 0 Å². The predicted molar refractivity (Wildman–Crippen MR) is 71.7 cm³/mol. The van der Waals surface area contributed by atoms with Crippen LogP contribution in [0.15, 0.2) is 18.2 Å². The predicted octanol–water partition coefficient (Wildman–Crippen LogP) is 3.16. The van der Waals surface area contributed by atoms with Crippen molar-refractivity contribution in [3.05, 3.63) is 44.4 Å². The lowest BCUT2D eigenvalue weighted by Gasteiger charge is -2.04. The van der Waals surface area contributed by atoms with Crippen LogP contribution in [0.4, 0.5) is 5.69 Å². The quantitative estimate of drug-likeness (QED) is 0.686. The summed E-state index contributed by atoms with van der Waals surface area (Å²) in [6.07, 6.45) is 0. The van der Waals surface area contributed by atoms with Gasteiger partial charge in [-0.15, -0.1) is 0 Å². The molecule has 2 rings (SSSR count). The Kier molecular flexibility index (Phi) is 3.66. The van der Waals surface area contributed by atoms with E-state index < -0.39 is 10.9 Å². The molecule has 8 heteroatoms. The first-order valence-electron chi connectivity index (χ1n) is 5.52. The van der Waals surface area contributed by atoms with E-state index in [1.165, 1.54) is 11.3 Å². The van der Waals surface area contributed by atoms with E-state index in [4.69, 9.17) is 9.84 Å². The van der Waals surface area contributed by atoms with E-state index in [2.05, 4.69) is 4.98 Å². The molecule has 0 bridgehead atoms. The van der Waals surface area contributed by atoms with Crippen molar-refractivity contribution in [2.45, 2.75) is 13.8 Å². The third-order valence-corrected chi connectivity index (χ3v) is 3.56. The summed E-state index contributed by atoms with van der Waals surface area (Å²) in [5.41, 5.74) is 0.373. The highest BCUT2D eigenvalue weighted by Gasteiger charge is 2.20. The van der Waals surface area contributed by atoms with Crippen LogP contribution in [0, 0.1) is 24.0 Å². The van der Waals surface area contributed by atoms with Crippen LogP contribution in [0.2, 0.25) is 0 Å². The molecule has 104 valence electrons. The van der Waals surface area contributed by atoms with Crippen LogP contribution in [0.5, 0.6) is 10.9 Å². The van der Waals surface area contributed by atoms with E-state index in [1.54, 1.807) is 6.92 Å². The zero-order chi connectivity index (χ0) is 14.9. The summed E-state index contributed by atoms with van der Waals surface area (Å²) in [7, 11) is 0. The number of hydrogen-bond donors (Lipinski definition) is 1. The third-order valence-electron chi connectivity index (χ3n) is 2.61. The van der Waals surface area contributed by atoms with Crippen molar-refractivity contribution in [3.63, 3.8) is 0 Å². The molecule has 7 nitrogen and oxygen atoms in total. The second-order valence-corrected chi connectivity index (χ2v) is 5.13. The Bertz CT molecular complexity index is 676. The van der Waals surface area contributed by atoms with Gasteiger partial charge in [-0.05, 0) is 19.9 Å². The summed E-state index contributed by atoms with van der Waals surface area (Å²) < 4.78 is 5.37. The van der Waals surface area contributed by atoms with E-state index in [9.17, 15) is 14.9 Å². The minimum absolute atomic E-state index is 0.0874. The Morgan fingerprint density at radius 3 is 2.65 bits per heavy atom. The number of nitrogens with zero attached hydrogens (tertiary/aromatic N) is 2. The maximum Gasteiger partial charge on any atom is 0.335 e. The fourth-order valence-electron chi connectivity index (χ4n) is 1.46. The van der Waals surface area contributed by atoms with Gasteiger partial charge < -0.3 is 9.84 Å². The summed E-state index contributed by atoms with van der Waals surface area (Å²) in [4.78, 5) is 26.2. The van der Waals surface area contributed by atoms with Crippen LogP contribution in [-0.2, 0) is 0 Å². The van der Waals surface area contributed by atoms with E-state index in [1.807, 2.05) is 6.92 Å². The summed E-state index contributed by atoms with van der Waals surface area (Å²) in [6.45, 7) is 3.64. The zero-order valence-corrected chi connectivity index (χ0v) is 11.4. The molecule has 0 aliphatic carbocycles. The highest BCUT2D eigenvalue weighted by atomic mass is 32.1. The Morgan fingerprint density at radius 2 is 2.15 bits per heavy atom. The van der Waals surface area contributed by atoms with Gasteiger partial charge in [-0.25, -0.2) is 9.78 Å². The summed E-state index contributed by atoms with van der Waals surface area (Å²) in [5, 5.41) is 20.1. The first kappa shape index (κ1) is 13.9. The SMILES string of the molecule is Cc1nc(Oc2cc(C(=O)O)ccc2[N+](=O)[O-])sc1C. The number of hydrogen-bond acceptors (Lipinski definition) is 6. The highest BCUT2D eigenvalue weighted by Crippen LogP contribution is 2.34. The maximum absolute atomic E-state index is 10.9. The van der Waals surface area contributed by atoms with E-state index >= 15 is 0 Å². The minimum Gasteiger partial charge on any atom is -0.478 e. The van der Waals surface area contributed by atoms with Gasteiger partial charge >= 0.3 is 11.7 Å². The molecular weight excluding hydrogens is 284 g/mol. The maximum atomic E-state index is 10.9. The number of aromatic carboxylic acids is 1. The zero-order valence-electron chi connectivity index (χ0n) is 10.6. The van der Waals surface area contributed by atoms with Gasteiger partial charge in [0.1, 0.15) is 0 Å². The fraction of sp³-hybridized carbons (Fsp3) is 0.167. The van der Waals surface area contributed by atoms with Crippen LogP contribution in [0.1, 0.15) is 20.9 Å². The lowest BCUT2D eigenvalue weighted by Crippen LogP contribution is -1.99. The minimum atomic E-state index is -1.18. The van der Waals surface area contributed by atoms with Gasteiger partial charge in [-0.1, -0.05) is 11.3 Å². The number of aryl methyl sites for hydroxylation is 2. The molecule has 2 aromatic rings. The number of benzene rings is 1. The summed E-state index contributed by atoms with van der Waals surface area (Å²) in [5.74, 6) is -1.32. The Morgan fingerprint density at radius 1 is 1.45 bits per heavy atom. The second-order valence-electron chi connectivity index (χ2n) is 3.97. The van der Waals surface area contributed by atoms with Crippen molar-refractivity contribution in [1.29, 1.82) is 0 Å². The van der Waals surface area contributed by atoms with Crippen molar-refractivity contribution in [3.8, 4) is 10.9 Å². The van der Waals surface area contributed by atoms with Crippen molar-refractivity contribution in [1.82, 2.24) is 4.98 Å². The largest absolute Gasteiger partial charge is 0.478 e. The van der Waals surface area contributed by atoms with Gasteiger partial charge in [0.2, 0.25) is 5.75 Å². The molecule has 0 saturated carbocycles. The third kappa shape index (κ3) is 2.75. The topological polar surface area (TPSA) is 103 Å². The smallest absolute Gasteiger partial charge is 0.335 e. The molecule has 0 atom stereocenters. The van der Waals surface area contributed by atoms with Gasteiger partial charge in [0.25, 0.3) is 5.19 Å². The molecule has 0 spiro atoms. The number of carboxylic acid groups (broad SMARTS) is 1. The molecule has 0 amide bonds. The highest BCUT2D eigenvalue weighted by molar-refractivity contribution is 7.13. The number of thiazole rings is 1. The molecule has 0 fully saturated rings. The molecule has 1 aromatic heterocycles. The number of ether oxygens (including phenoxy) is 1. The number of aromatic nitrogens is 1. The average molecular weight is 294 g/mol. The molecule has 0 aliphatic heterocycles. The lowest BCUT2D eigenvalue weighted by atomic mass is 10.2. The molecule has 20 heavy (non-hydrogen) atoms. The molecule has 1 aromatic carbocycles. The van der Waals surface area contributed by atoms with Crippen LogP contribution >= 0.6 is 11.3 Å². The molecule has 0 unspecified atom stereocenters. The van der Waals surface area contributed by atoms with Crippen LogP contribution in [0.25, 0.3) is 0 Å². The first-order valence-corrected chi connectivity index (χ1v) is 6.33. The molecule has 1 heterocycles. The normalized spacial score (nSPS) is 10.3. The van der Waals surface area contributed by atoms with Crippen molar-refractivity contribution in [2.75, 3.05) is 0 Å². The van der Waals surface area contributed by atoms with Gasteiger partial charge in [0.05, 0.1) is 16.2 Å². The van der Waals surface area contributed by atoms with Crippen LogP contribution in [0.3, 0.4) is 0 Å². The Balaban J connectivity index is 2.44. The van der Waals surface area contributed by atoms with Crippen LogP contribution in [-0.4, -0.2) is 21.0 Å². The molecule has 1 N–H and O–H groups in total. The molecule has 0 aliphatic rings. The molecule has 0 radical (unpaired) electrons. The Hall–Kier alpha value is -2.48. The summed E-state index contributed by atoms with van der Waals surface area (Å²) >= 11 is 1.24. The monoisotopic (exact) mass is 294 g/mol. The van der Waals surface area contributed by atoms with Gasteiger partial charge in [0.15, 0.2) is 0 Å². The van der Waals surface area contributed by atoms with E-state index in [-0.39, 0.29) is 22.2 Å². The first-order chi connectivity index (χ1) is 9.38. The van der Waals surface area contributed by atoms with Crippen molar-refractivity contribution in [2.24, 2.45) is 0 Å². The van der Waals surface area contributed by atoms with Gasteiger partial charge in [0, 0.05) is 17.0 Å². The standard InChI is InChI=1S/C12H10N2O5S/c1-6-7(2)20-12(13-6)19-10-5-8(11(15)16)3-4-9(10)14(17)18/h3-5H,1-2H3,(H,15,16). The fourth-order valence-corrected chi connectivity index (χ4v) is 2.23. The second kappa shape index (κ2) is 5.25. The number of carboxylic acids is 1. The molecular formula is C12H10N2O5S. The van der Waals surface area contributed by atoms with Crippen LogP contribution < -0.4 is 4.74 Å². The number of nitro benzene ring substituents is 1. The average Bonchev–Trinajstić information content (AvgIpc) is 2.67. The molecule has 0 saturated heterocycles. The van der Waals surface area contributed by atoms with Gasteiger partial charge in [-0.3, -0.25) is 10.1 Å². The summed E-state index contributed by atoms with van der Waals surface area (Å²) in [6, 6.07) is 3.38. The van der Waals surface area contributed by atoms with Crippen molar-refractivity contribution < 1.29 is 19.6 Å². The van der Waals surface area contributed by atoms with E-state index in [0.29, 0.717) is 0 Å².